The van der Waals surface area contributed by atoms with Gasteiger partial charge in [0.2, 0.25) is 0 Å². The fourth-order valence-corrected chi connectivity index (χ4v) is 1.97. The second-order valence-corrected chi connectivity index (χ2v) is 4.36. The van der Waals surface area contributed by atoms with Crippen LogP contribution in [-0.2, 0) is 6.42 Å². The number of furan rings is 1. The average Bonchev–Trinajstić information content (AvgIpc) is 2.75. The normalized spacial score (nSPS) is 12.6. The molecule has 3 nitrogen and oxygen atoms in total. The summed E-state index contributed by atoms with van der Waals surface area (Å²) < 4.78 is 5.37. The van der Waals surface area contributed by atoms with Gasteiger partial charge in [0.1, 0.15) is 5.76 Å². The van der Waals surface area contributed by atoms with Crippen LogP contribution in [0.3, 0.4) is 0 Å². The van der Waals surface area contributed by atoms with Gasteiger partial charge < -0.3 is 4.42 Å². The Hall–Kier alpha value is -1.29. The van der Waals surface area contributed by atoms with Crippen LogP contribution in [0, 0.1) is 6.92 Å². The maximum Gasteiger partial charge on any atom is 0.193 e. The van der Waals surface area contributed by atoms with Gasteiger partial charge in [0, 0.05) is 0 Å². The Bertz CT molecular complexity index is 496. The number of rotatable bonds is 4. The third kappa shape index (κ3) is 2.88. The molecule has 0 spiro atoms. The number of hydrogen-bond donors (Lipinski definition) is 2. The second kappa shape index (κ2) is 5.36. The van der Waals surface area contributed by atoms with E-state index >= 15 is 0 Å². The number of hydrogen-bond acceptors (Lipinski definition) is 3. The van der Waals surface area contributed by atoms with E-state index in [0.717, 1.165) is 12.2 Å². The Morgan fingerprint density at radius 2 is 2.06 bits per heavy atom. The zero-order chi connectivity index (χ0) is 12.3. The highest BCUT2D eigenvalue weighted by atomic mass is 35.5. The number of nitrogens with two attached hydrogens (primary N) is 1. The molecular formula is C13H15ClN2O. The van der Waals surface area contributed by atoms with Crippen LogP contribution in [0.5, 0.6) is 0 Å². The molecule has 0 aliphatic carbocycles. The number of halogens is 1. The van der Waals surface area contributed by atoms with Gasteiger partial charge in [-0.05, 0) is 48.2 Å². The Morgan fingerprint density at radius 3 is 2.65 bits per heavy atom. The van der Waals surface area contributed by atoms with E-state index in [4.69, 9.17) is 21.9 Å². The van der Waals surface area contributed by atoms with Gasteiger partial charge >= 0.3 is 0 Å². The summed E-state index contributed by atoms with van der Waals surface area (Å²) in [6.07, 6.45) is 0.771. The molecule has 0 amide bonds. The highest BCUT2D eigenvalue weighted by Crippen LogP contribution is 2.23. The molecule has 90 valence electrons. The zero-order valence-electron chi connectivity index (χ0n) is 9.61. The highest BCUT2D eigenvalue weighted by Gasteiger charge is 2.15. The molecule has 0 bridgehead atoms. The molecule has 2 rings (SSSR count). The van der Waals surface area contributed by atoms with Crippen molar-refractivity contribution in [2.24, 2.45) is 5.84 Å². The van der Waals surface area contributed by atoms with E-state index in [1.54, 1.807) is 6.07 Å². The number of aryl methyl sites for hydroxylation is 1. The van der Waals surface area contributed by atoms with Crippen molar-refractivity contribution in [1.29, 1.82) is 0 Å². The Morgan fingerprint density at radius 1 is 1.29 bits per heavy atom. The molecule has 2 aromatic rings. The molecule has 1 aromatic carbocycles. The first-order valence-corrected chi connectivity index (χ1v) is 5.84. The first-order chi connectivity index (χ1) is 8.20. The van der Waals surface area contributed by atoms with Crippen LogP contribution in [0.1, 0.15) is 22.9 Å². The first-order valence-electron chi connectivity index (χ1n) is 5.46. The lowest BCUT2D eigenvalue weighted by atomic mass is 10.0. The Balaban J connectivity index is 2.18. The summed E-state index contributed by atoms with van der Waals surface area (Å²) in [6, 6.07) is 11.7. The summed E-state index contributed by atoms with van der Waals surface area (Å²) in [4.78, 5) is 0. The van der Waals surface area contributed by atoms with E-state index in [9.17, 15) is 0 Å². The minimum absolute atomic E-state index is 0.0661. The second-order valence-electron chi connectivity index (χ2n) is 3.99. The van der Waals surface area contributed by atoms with Gasteiger partial charge in [-0.25, -0.2) is 5.43 Å². The Labute approximate surface area is 106 Å². The standard InChI is InChI=1S/C13H15ClN2O/c1-9-4-2-3-5-10(9)8-11(16-15)12-6-7-13(14)17-12/h2-7,11,16H,8,15H2,1H3. The van der Waals surface area contributed by atoms with Crippen LogP contribution in [0.25, 0.3) is 0 Å². The van der Waals surface area contributed by atoms with Crippen LogP contribution in [0.15, 0.2) is 40.8 Å². The molecule has 0 aliphatic rings. The summed E-state index contributed by atoms with van der Waals surface area (Å²) >= 11 is 5.76. The lowest BCUT2D eigenvalue weighted by Crippen LogP contribution is -2.29. The predicted molar refractivity (Wildman–Crippen MR) is 68.7 cm³/mol. The maximum absolute atomic E-state index is 5.76. The lowest BCUT2D eigenvalue weighted by Gasteiger charge is -2.14. The van der Waals surface area contributed by atoms with Crippen molar-refractivity contribution in [3.05, 3.63) is 58.5 Å². The molecule has 4 heteroatoms. The van der Waals surface area contributed by atoms with E-state index < -0.39 is 0 Å². The summed E-state index contributed by atoms with van der Waals surface area (Å²) in [5, 5.41) is 0.380. The number of nitrogens with one attached hydrogen (secondary N) is 1. The molecule has 0 saturated heterocycles. The van der Waals surface area contributed by atoms with Crippen molar-refractivity contribution in [2.75, 3.05) is 0 Å². The summed E-state index contributed by atoms with van der Waals surface area (Å²) in [7, 11) is 0. The molecular weight excluding hydrogens is 236 g/mol. The molecule has 3 N–H and O–H groups in total. The minimum Gasteiger partial charge on any atom is -0.448 e. The molecule has 1 aromatic heterocycles. The van der Waals surface area contributed by atoms with Gasteiger partial charge in [-0.15, -0.1) is 0 Å². The monoisotopic (exact) mass is 250 g/mol. The molecule has 1 atom stereocenters. The smallest absolute Gasteiger partial charge is 0.193 e. The molecule has 17 heavy (non-hydrogen) atoms. The first kappa shape index (κ1) is 12.2. The third-order valence-electron chi connectivity index (χ3n) is 2.82. The van der Waals surface area contributed by atoms with E-state index in [-0.39, 0.29) is 6.04 Å². The largest absolute Gasteiger partial charge is 0.448 e. The quantitative estimate of drug-likeness (QED) is 0.648. The van der Waals surface area contributed by atoms with Crippen LogP contribution in [0.2, 0.25) is 5.22 Å². The van der Waals surface area contributed by atoms with Crippen molar-refractivity contribution in [3.63, 3.8) is 0 Å². The van der Waals surface area contributed by atoms with Crippen molar-refractivity contribution in [1.82, 2.24) is 5.43 Å². The van der Waals surface area contributed by atoms with Crippen molar-refractivity contribution in [3.8, 4) is 0 Å². The van der Waals surface area contributed by atoms with Gasteiger partial charge in [-0.1, -0.05) is 24.3 Å². The highest BCUT2D eigenvalue weighted by molar-refractivity contribution is 6.28. The fourth-order valence-electron chi connectivity index (χ4n) is 1.82. The van der Waals surface area contributed by atoms with Crippen LogP contribution in [0.4, 0.5) is 0 Å². The van der Waals surface area contributed by atoms with E-state index in [1.807, 2.05) is 18.2 Å². The SMILES string of the molecule is Cc1ccccc1CC(NN)c1ccc(Cl)o1. The minimum atomic E-state index is -0.0661. The predicted octanol–water partition coefficient (Wildman–Crippen LogP) is 2.99. The fraction of sp³-hybridized carbons (Fsp3) is 0.231. The molecule has 0 fully saturated rings. The molecule has 1 heterocycles. The van der Waals surface area contributed by atoms with E-state index in [1.165, 1.54) is 11.1 Å². The van der Waals surface area contributed by atoms with Crippen molar-refractivity contribution < 1.29 is 4.42 Å². The van der Waals surface area contributed by atoms with Gasteiger partial charge in [0.25, 0.3) is 0 Å². The van der Waals surface area contributed by atoms with E-state index in [2.05, 4.69) is 24.5 Å². The summed E-state index contributed by atoms with van der Waals surface area (Å²) in [6.45, 7) is 2.08. The average molecular weight is 251 g/mol. The third-order valence-corrected chi connectivity index (χ3v) is 3.03. The topological polar surface area (TPSA) is 51.2 Å². The maximum atomic E-state index is 5.76. The van der Waals surface area contributed by atoms with Crippen molar-refractivity contribution >= 4 is 11.6 Å². The molecule has 0 radical (unpaired) electrons. The van der Waals surface area contributed by atoms with Crippen LogP contribution < -0.4 is 11.3 Å². The molecule has 0 saturated carbocycles. The van der Waals surface area contributed by atoms with Crippen molar-refractivity contribution in [2.45, 2.75) is 19.4 Å². The van der Waals surface area contributed by atoms with Gasteiger partial charge in [0.05, 0.1) is 6.04 Å². The Kier molecular flexibility index (Phi) is 3.84. The number of hydrazine groups is 1. The summed E-state index contributed by atoms with van der Waals surface area (Å²) in [5.41, 5.74) is 5.23. The molecule has 0 aliphatic heterocycles. The van der Waals surface area contributed by atoms with E-state index in [0.29, 0.717) is 5.22 Å². The molecule has 1 unspecified atom stereocenters. The van der Waals surface area contributed by atoms with Gasteiger partial charge in [-0.2, -0.15) is 0 Å². The zero-order valence-corrected chi connectivity index (χ0v) is 10.4. The summed E-state index contributed by atoms with van der Waals surface area (Å²) in [5.74, 6) is 6.31. The number of benzene rings is 1. The van der Waals surface area contributed by atoms with Gasteiger partial charge in [-0.3, -0.25) is 5.84 Å². The lowest BCUT2D eigenvalue weighted by molar-refractivity contribution is 0.416. The van der Waals surface area contributed by atoms with Crippen LogP contribution >= 0.6 is 11.6 Å². The van der Waals surface area contributed by atoms with Crippen LogP contribution in [-0.4, -0.2) is 0 Å². The van der Waals surface area contributed by atoms with Gasteiger partial charge in [0.15, 0.2) is 5.22 Å².